The number of ether oxygens (including phenoxy) is 1. The van der Waals surface area contributed by atoms with Crippen LogP contribution in [-0.2, 0) is 0 Å². The summed E-state index contributed by atoms with van der Waals surface area (Å²) >= 11 is 3.62. The predicted molar refractivity (Wildman–Crippen MR) is 101 cm³/mol. The van der Waals surface area contributed by atoms with Crippen molar-refractivity contribution in [1.29, 1.82) is 0 Å². The zero-order chi connectivity index (χ0) is 16.8. The van der Waals surface area contributed by atoms with Gasteiger partial charge in [0, 0.05) is 24.4 Å². The van der Waals surface area contributed by atoms with Crippen molar-refractivity contribution in [3.63, 3.8) is 0 Å². The summed E-state index contributed by atoms with van der Waals surface area (Å²) in [4.78, 5) is 7.04. The average molecular weight is 399 g/mol. The Kier molecular flexibility index (Phi) is 3.82. The molecule has 2 aromatic rings. The van der Waals surface area contributed by atoms with Crippen molar-refractivity contribution in [3.05, 3.63) is 35.9 Å². The molecular weight excluding hydrogens is 380 g/mol. The largest absolute Gasteiger partial charge is 0.472 e. The topological polar surface area (TPSA) is 50.6 Å². The molecule has 5 nitrogen and oxygen atoms in total. The smallest absolute Gasteiger partial charge is 0.233 e. The summed E-state index contributed by atoms with van der Waals surface area (Å²) in [7, 11) is 0. The van der Waals surface area contributed by atoms with E-state index in [0.717, 1.165) is 23.5 Å². The van der Waals surface area contributed by atoms with Crippen LogP contribution >= 0.6 is 15.9 Å². The molecular formula is C19H19BrN4O. The molecule has 1 aromatic carbocycles. The van der Waals surface area contributed by atoms with Crippen LogP contribution in [-0.4, -0.2) is 47.1 Å². The minimum Gasteiger partial charge on any atom is -0.472 e. The SMILES string of the molecule is BrC1C=Nc2ccc(-c3ccc(O[C@H]4CN5CCC4CC5)nn3)cc21. The van der Waals surface area contributed by atoms with E-state index in [4.69, 9.17) is 4.74 Å². The molecule has 3 fully saturated rings. The van der Waals surface area contributed by atoms with E-state index < -0.39 is 0 Å². The number of halogens is 1. The van der Waals surface area contributed by atoms with E-state index in [1.54, 1.807) is 0 Å². The van der Waals surface area contributed by atoms with E-state index in [-0.39, 0.29) is 10.9 Å². The Hall–Kier alpha value is -1.79. The third-order valence-electron chi connectivity index (χ3n) is 5.47. The van der Waals surface area contributed by atoms with Gasteiger partial charge in [0.1, 0.15) is 6.10 Å². The van der Waals surface area contributed by atoms with E-state index in [9.17, 15) is 0 Å². The molecule has 0 N–H and O–H groups in total. The van der Waals surface area contributed by atoms with Gasteiger partial charge in [-0.25, -0.2) is 0 Å². The number of hydrogen-bond acceptors (Lipinski definition) is 5. The molecule has 6 rings (SSSR count). The predicted octanol–water partition coefficient (Wildman–Crippen LogP) is 3.77. The number of aliphatic imine (C=N–C) groups is 1. The highest BCUT2D eigenvalue weighted by atomic mass is 79.9. The van der Waals surface area contributed by atoms with Crippen LogP contribution in [0.4, 0.5) is 5.69 Å². The van der Waals surface area contributed by atoms with Gasteiger partial charge in [-0.15, -0.1) is 10.2 Å². The summed E-state index contributed by atoms with van der Waals surface area (Å²) in [6.45, 7) is 3.45. The number of aromatic nitrogens is 2. The quantitative estimate of drug-likeness (QED) is 0.738. The fourth-order valence-corrected chi connectivity index (χ4v) is 4.50. The van der Waals surface area contributed by atoms with Crippen LogP contribution in [0.3, 0.4) is 0 Å². The molecule has 3 saturated heterocycles. The highest BCUT2D eigenvalue weighted by molar-refractivity contribution is 9.09. The molecule has 4 aliphatic rings. The molecule has 2 bridgehead atoms. The van der Waals surface area contributed by atoms with Crippen molar-refractivity contribution < 1.29 is 4.74 Å². The van der Waals surface area contributed by atoms with Gasteiger partial charge in [0.2, 0.25) is 5.88 Å². The lowest BCUT2D eigenvalue weighted by Crippen LogP contribution is -2.52. The summed E-state index contributed by atoms with van der Waals surface area (Å²) in [6.07, 6.45) is 4.64. The van der Waals surface area contributed by atoms with E-state index in [2.05, 4.69) is 42.1 Å². The second kappa shape index (κ2) is 6.18. The van der Waals surface area contributed by atoms with Gasteiger partial charge in [-0.05, 0) is 55.6 Å². The van der Waals surface area contributed by atoms with Gasteiger partial charge >= 0.3 is 0 Å². The second-order valence-electron chi connectivity index (χ2n) is 7.00. The summed E-state index contributed by atoms with van der Waals surface area (Å²) in [5, 5.41) is 8.69. The van der Waals surface area contributed by atoms with Crippen molar-refractivity contribution in [2.24, 2.45) is 10.9 Å². The number of benzene rings is 1. The minimum absolute atomic E-state index is 0.176. The zero-order valence-corrected chi connectivity index (χ0v) is 15.4. The normalized spacial score (nSPS) is 29.6. The van der Waals surface area contributed by atoms with Crippen LogP contribution in [0.5, 0.6) is 5.88 Å². The first-order valence-corrected chi connectivity index (χ1v) is 9.73. The van der Waals surface area contributed by atoms with Crippen molar-refractivity contribution in [3.8, 4) is 17.1 Å². The molecule has 0 saturated carbocycles. The van der Waals surface area contributed by atoms with Crippen LogP contribution in [0.25, 0.3) is 11.3 Å². The van der Waals surface area contributed by atoms with Crippen molar-refractivity contribution >= 4 is 27.8 Å². The number of alkyl halides is 1. The maximum absolute atomic E-state index is 6.13. The lowest BCUT2D eigenvalue weighted by Gasteiger charge is -2.44. The van der Waals surface area contributed by atoms with Crippen molar-refractivity contribution in [2.75, 3.05) is 19.6 Å². The van der Waals surface area contributed by atoms with E-state index in [1.807, 2.05) is 30.5 Å². The summed E-state index contributed by atoms with van der Waals surface area (Å²) in [5.74, 6) is 1.30. The molecule has 2 atom stereocenters. The Morgan fingerprint density at radius 1 is 1.08 bits per heavy atom. The molecule has 0 aliphatic carbocycles. The van der Waals surface area contributed by atoms with Gasteiger partial charge in [-0.1, -0.05) is 22.0 Å². The number of piperidine rings is 3. The molecule has 1 unspecified atom stereocenters. The Balaban J connectivity index is 1.33. The average Bonchev–Trinajstić information content (AvgIpc) is 3.04. The minimum atomic E-state index is 0.176. The molecule has 1 aromatic heterocycles. The van der Waals surface area contributed by atoms with E-state index in [0.29, 0.717) is 11.8 Å². The van der Waals surface area contributed by atoms with Crippen LogP contribution in [0.15, 0.2) is 35.3 Å². The highest BCUT2D eigenvalue weighted by Crippen LogP contribution is 2.38. The maximum Gasteiger partial charge on any atom is 0.233 e. The fraction of sp³-hybridized carbons (Fsp3) is 0.421. The second-order valence-corrected chi connectivity index (χ2v) is 7.99. The van der Waals surface area contributed by atoms with Crippen molar-refractivity contribution in [1.82, 2.24) is 15.1 Å². The third-order valence-corrected chi connectivity index (χ3v) is 6.20. The Morgan fingerprint density at radius 2 is 1.96 bits per heavy atom. The third kappa shape index (κ3) is 2.87. The zero-order valence-electron chi connectivity index (χ0n) is 13.8. The molecule has 5 heterocycles. The van der Waals surface area contributed by atoms with Gasteiger partial charge in [-0.3, -0.25) is 9.89 Å². The number of nitrogens with zero attached hydrogens (tertiary/aromatic N) is 4. The first kappa shape index (κ1) is 15.5. The highest BCUT2D eigenvalue weighted by Gasteiger charge is 2.35. The molecule has 4 aliphatic heterocycles. The molecule has 6 heteroatoms. The summed E-state index contributed by atoms with van der Waals surface area (Å²) in [6, 6.07) is 10.1. The number of hydrogen-bond donors (Lipinski definition) is 0. The van der Waals surface area contributed by atoms with Crippen LogP contribution in [0.2, 0.25) is 0 Å². The maximum atomic E-state index is 6.13. The van der Waals surface area contributed by atoms with Crippen LogP contribution in [0, 0.1) is 5.92 Å². The van der Waals surface area contributed by atoms with Gasteiger partial charge < -0.3 is 4.74 Å². The first-order valence-electron chi connectivity index (χ1n) is 8.81. The van der Waals surface area contributed by atoms with Gasteiger partial charge in [0.15, 0.2) is 0 Å². The summed E-state index contributed by atoms with van der Waals surface area (Å²) < 4.78 is 6.13. The molecule has 0 radical (unpaired) electrons. The number of fused-ring (bicyclic) bond motifs is 4. The standard InChI is InChI=1S/C19H19BrN4O/c20-15-10-21-17-2-1-13(9-14(15)17)16-3-4-19(23-22-16)25-18-11-24-7-5-12(18)6-8-24/h1-4,9-10,12,15,18H,5-8,11H2/t15?,18-/m0/s1. The molecule has 128 valence electrons. The van der Waals surface area contributed by atoms with E-state index >= 15 is 0 Å². The molecule has 0 amide bonds. The lowest BCUT2D eigenvalue weighted by molar-refractivity contribution is -0.0103. The molecule has 0 spiro atoms. The first-order chi connectivity index (χ1) is 12.3. The Morgan fingerprint density at radius 3 is 2.68 bits per heavy atom. The lowest BCUT2D eigenvalue weighted by atomic mass is 9.86. The summed E-state index contributed by atoms with van der Waals surface area (Å²) in [5.41, 5.74) is 4.10. The van der Waals surface area contributed by atoms with Crippen LogP contribution in [0.1, 0.15) is 23.2 Å². The Labute approximate surface area is 155 Å². The monoisotopic (exact) mass is 398 g/mol. The molecule has 25 heavy (non-hydrogen) atoms. The van der Waals surface area contributed by atoms with Crippen molar-refractivity contribution in [2.45, 2.75) is 23.8 Å². The van der Waals surface area contributed by atoms with Gasteiger partial charge in [-0.2, -0.15) is 0 Å². The fourth-order valence-electron chi connectivity index (χ4n) is 4.01. The van der Waals surface area contributed by atoms with Gasteiger partial charge in [0.05, 0.1) is 16.2 Å². The van der Waals surface area contributed by atoms with Crippen LogP contribution < -0.4 is 4.74 Å². The van der Waals surface area contributed by atoms with Gasteiger partial charge in [0.25, 0.3) is 0 Å². The Bertz CT molecular complexity index is 815. The van der Waals surface area contributed by atoms with E-state index in [1.165, 1.54) is 31.5 Å². The number of rotatable bonds is 3.